The summed E-state index contributed by atoms with van der Waals surface area (Å²) in [6.07, 6.45) is -4.65. The highest BCUT2D eigenvalue weighted by Gasteiger charge is 2.46. The normalized spacial score (nSPS) is 22.9. The number of aromatic nitrogens is 1. The Kier molecular flexibility index (Phi) is 11.2. The van der Waals surface area contributed by atoms with E-state index in [1.54, 1.807) is 7.11 Å². The zero-order valence-electron chi connectivity index (χ0n) is 18.2. The molecule has 2 N–H and O–H groups in total. The molecule has 0 radical (unpaired) electrons. The van der Waals surface area contributed by atoms with Crippen molar-refractivity contribution >= 4 is 11.9 Å². The minimum Gasteiger partial charge on any atom is -0.475 e. The maximum absolute atomic E-state index is 10.6. The van der Waals surface area contributed by atoms with Gasteiger partial charge in [0.15, 0.2) is 0 Å². The number of morpholine rings is 1. The zero-order chi connectivity index (χ0) is 26.0. The molecule has 1 aromatic rings. The lowest BCUT2D eigenvalue weighted by Crippen LogP contribution is -2.54. The Morgan fingerprint density at radius 3 is 2.24 bits per heavy atom. The minimum absolute atomic E-state index is 0.0169. The molecule has 0 amide bonds. The van der Waals surface area contributed by atoms with Crippen molar-refractivity contribution in [1.82, 2.24) is 9.88 Å². The van der Waals surface area contributed by atoms with E-state index in [4.69, 9.17) is 29.3 Å². The van der Waals surface area contributed by atoms with Crippen molar-refractivity contribution in [2.75, 3.05) is 33.4 Å². The summed E-state index contributed by atoms with van der Waals surface area (Å²) in [5, 5.41) is 14.2. The molecular weight excluding hydrogens is 478 g/mol. The molecule has 8 nitrogen and oxygen atoms in total. The highest BCUT2D eigenvalue weighted by atomic mass is 19.4. The van der Waals surface area contributed by atoms with Crippen LogP contribution in [0.25, 0.3) is 0 Å². The van der Waals surface area contributed by atoms with Gasteiger partial charge in [-0.05, 0) is 25.0 Å². The number of carboxylic acids is 2. The van der Waals surface area contributed by atoms with E-state index in [0.29, 0.717) is 5.92 Å². The van der Waals surface area contributed by atoms with Crippen LogP contribution in [-0.2, 0) is 25.6 Å². The van der Waals surface area contributed by atoms with Gasteiger partial charge >= 0.3 is 24.3 Å². The molecular formula is C20H26F6N2O6. The number of pyridine rings is 1. The lowest BCUT2D eigenvalue weighted by molar-refractivity contribution is -0.193. The summed E-state index contributed by atoms with van der Waals surface area (Å²) >= 11 is 0. The van der Waals surface area contributed by atoms with E-state index in [-0.39, 0.29) is 5.60 Å². The van der Waals surface area contributed by atoms with Gasteiger partial charge in [0.25, 0.3) is 0 Å². The van der Waals surface area contributed by atoms with E-state index in [0.717, 1.165) is 38.5 Å². The van der Waals surface area contributed by atoms with Crippen molar-refractivity contribution in [3.05, 3.63) is 30.1 Å². The Labute approximate surface area is 191 Å². The number of ether oxygens (including phenoxy) is 2. The van der Waals surface area contributed by atoms with Gasteiger partial charge in [0.1, 0.15) is 0 Å². The van der Waals surface area contributed by atoms with E-state index in [2.05, 4.69) is 22.0 Å². The molecule has 3 rings (SSSR count). The van der Waals surface area contributed by atoms with E-state index < -0.39 is 24.3 Å². The number of hydrogen-bond donors (Lipinski definition) is 2. The number of carbonyl (C=O) groups is 2. The van der Waals surface area contributed by atoms with Gasteiger partial charge in [-0.15, -0.1) is 0 Å². The first-order valence-corrected chi connectivity index (χ1v) is 10.1. The van der Waals surface area contributed by atoms with Crippen molar-refractivity contribution in [3.63, 3.8) is 0 Å². The molecule has 0 unspecified atom stereocenters. The lowest BCUT2D eigenvalue weighted by Gasteiger charge is -2.44. The van der Waals surface area contributed by atoms with Crippen LogP contribution in [0.3, 0.4) is 0 Å². The third-order valence-corrected chi connectivity index (χ3v) is 5.15. The molecule has 1 spiro atoms. The highest BCUT2D eigenvalue weighted by Crippen LogP contribution is 2.41. The van der Waals surface area contributed by atoms with Gasteiger partial charge in [0, 0.05) is 38.9 Å². The van der Waals surface area contributed by atoms with Crippen molar-refractivity contribution in [2.45, 2.75) is 43.8 Å². The number of nitrogens with zero attached hydrogens (tertiary/aromatic N) is 2. The predicted octanol–water partition coefficient (Wildman–Crippen LogP) is 3.37. The maximum atomic E-state index is 10.6. The fourth-order valence-corrected chi connectivity index (χ4v) is 3.69. The van der Waals surface area contributed by atoms with Gasteiger partial charge in [0.2, 0.25) is 0 Å². The summed E-state index contributed by atoms with van der Waals surface area (Å²) in [7, 11) is 1.79. The van der Waals surface area contributed by atoms with Crippen LogP contribution in [0.15, 0.2) is 24.4 Å². The van der Waals surface area contributed by atoms with Crippen LogP contribution in [0.4, 0.5) is 26.3 Å². The first-order valence-electron chi connectivity index (χ1n) is 10.1. The second kappa shape index (κ2) is 12.9. The van der Waals surface area contributed by atoms with Gasteiger partial charge in [-0.1, -0.05) is 12.5 Å². The van der Waals surface area contributed by atoms with Crippen molar-refractivity contribution < 1.29 is 55.6 Å². The number of alkyl halides is 6. The van der Waals surface area contributed by atoms with Crippen LogP contribution >= 0.6 is 0 Å². The Balaban J connectivity index is 0.000000343. The lowest BCUT2D eigenvalue weighted by atomic mass is 9.89. The monoisotopic (exact) mass is 504 g/mol. The molecule has 0 bridgehead atoms. The number of aliphatic carboxylic acids is 2. The first-order chi connectivity index (χ1) is 15.7. The molecule has 1 aliphatic carbocycles. The number of hydrogen-bond acceptors (Lipinski definition) is 6. The second-order valence-electron chi connectivity index (χ2n) is 7.60. The molecule has 34 heavy (non-hydrogen) atoms. The van der Waals surface area contributed by atoms with Gasteiger partial charge in [-0.25, -0.2) is 9.59 Å². The van der Waals surface area contributed by atoms with Crippen LogP contribution in [0, 0.1) is 5.92 Å². The van der Waals surface area contributed by atoms with Crippen LogP contribution in [0.5, 0.6) is 0 Å². The Morgan fingerprint density at radius 2 is 1.76 bits per heavy atom. The number of methoxy groups -OCH3 is 1. The summed E-state index contributed by atoms with van der Waals surface area (Å²) in [6, 6.07) is 6.13. The standard InChI is InChI=1S/C16H24N2O2.2C2HF3O2/c1-19-12-14-5-4-7-16(14)13-18(9-10-20-16)11-15-6-2-3-8-17-15;2*3-2(4,5)1(6)7/h2-3,6,8,14H,4-5,7,9-13H2,1H3;2*(H,6,7)/t14-,16+;;/m0../s1. The average molecular weight is 504 g/mol. The van der Waals surface area contributed by atoms with Crippen molar-refractivity contribution in [2.24, 2.45) is 5.92 Å². The Hall–Kier alpha value is -2.45. The molecule has 1 saturated heterocycles. The molecule has 1 aromatic heterocycles. The summed E-state index contributed by atoms with van der Waals surface area (Å²) in [5.41, 5.74) is 1.16. The van der Waals surface area contributed by atoms with Crippen LogP contribution in [0.1, 0.15) is 25.0 Å². The predicted molar refractivity (Wildman–Crippen MR) is 105 cm³/mol. The van der Waals surface area contributed by atoms with E-state index >= 15 is 0 Å². The Morgan fingerprint density at radius 1 is 1.18 bits per heavy atom. The van der Waals surface area contributed by atoms with Gasteiger partial charge < -0.3 is 19.7 Å². The maximum Gasteiger partial charge on any atom is 0.490 e. The summed E-state index contributed by atoms with van der Waals surface area (Å²) in [4.78, 5) is 24.7. The van der Waals surface area contributed by atoms with Gasteiger partial charge in [-0.3, -0.25) is 9.88 Å². The number of halogens is 6. The third-order valence-electron chi connectivity index (χ3n) is 5.15. The van der Waals surface area contributed by atoms with Crippen molar-refractivity contribution in [3.8, 4) is 0 Å². The number of carboxylic acid groups (broad SMARTS) is 2. The van der Waals surface area contributed by atoms with Crippen LogP contribution in [-0.4, -0.2) is 83.4 Å². The van der Waals surface area contributed by atoms with Crippen LogP contribution in [0.2, 0.25) is 0 Å². The zero-order valence-corrected chi connectivity index (χ0v) is 18.2. The van der Waals surface area contributed by atoms with Crippen LogP contribution < -0.4 is 0 Å². The molecule has 2 aliphatic rings. The average Bonchev–Trinajstić information content (AvgIpc) is 3.10. The molecule has 1 saturated carbocycles. The Bertz CT molecular complexity index is 753. The minimum atomic E-state index is -5.08. The first kappa shape index (κ1) is 29.6. The van der Waals surface area contributed by atoms with E-state index in [1.807, 2.05) is 12.3 Å². The smallest absolute Gasteiger partial charge is 0.475 e. The fraction of sp³-hybridized carbons (Fsp3) is 0.650. The molecule has 2 heterocycles. The summed E-state index contributed by atoms with van der Waals surface area (Å²) < 4.78 is 75.1. The molecule has 2 fully saturated rings. The summed E-state index contributed by atoms with van der Waals surface area (Å²) in [6.45, 7) is 4.58. The molecule has 0 aromatic carbocycles. The molecule has 2 atom stereocenters. The van der Waals surface area contributed by atoms with Crippen molar-refractivity contribution in [1.29, 1.82) is 0 Å². The third kappa shape index (κ3) is 9.81. The fourth-order valence-electron chi connectivity index (χ4n) is 3.69. The van der Waals surface area contributed by atoms with Gasteiger partial charge in [-0.2, -0.15) is 26.3 Å². The molecule has 14 heteroatoms. The van der Waals surface area contributed by atoms with E-state index in [9.17, 15) is 26.3 Å². The topological polar surface area (TPSA) is 109 Å². The SMILES string of the molecule is COC[C@@H]1CCC[C@@]12CN(Cc1ccccn1)CCO2.O=C(O)C(F)(F)F.O=C(O)C(F)(F)F. The quantitative estimate of drug-likeness (QED) is 0.601. The largest absolute Gasteiger partial charge is 0.490 e. The van der Waals surface area contributed by atoms with E-state index in [1.165, 1.54) is 19.3 Å². The van der Waals surface area contributed by atoms with Gasteiger partial charge in [0.05, 0.1) is 24.5 Å². The highest BCUT2D eigenvalue weighted by molar-refractivity contribution is 5.73. The number of rotatable bonds is 4. The molecule has 194 valence electrons. The summed E-state index contributed by atoms with van der Waals surface area (Å²) in [5.74, 6) is -4.97. The molecule has 1 aliphatic heterocycles. The second-order valence-corrected chi connectivity index (χ2v) is 7.60.